The lowest BCUT2D eigenvalue weighted by Crippen LogP contribution is -2.44. The van der Waals surface area contributed by atoms with E-state index in [0.29, 0.717) is 33.8 Å². The summed E-state index contributed by atoms with van der Waals surface area (Å²) in [5.74, 6) is -0.0914. The van der Waals surface area contributed by atoms with E-state index in [9.17, 15) is 14.4 Å². The van der Waals surface area contributed by atoms with Crippen molar-refractivity contribution in [3.63, 3.8) is 0 Å². The van der Waals surface area contributed by atoms with Gasteiger partial charge in [-0.2, -0.15) is 10.2 Å². The molecule has 0 spiro atoms. The van der Waals surface area contributed by atoms with Gasteiger partial charge >= 0.3 is 0 Å². The van der Waals surface area contributed by atoms with Crippen LogP contribution in [-0.4, -0.2) is 67.4 Å². The molecule has 0 atom stereocenters. The van der Waals surface area contributed by atoms with Crippen molar-refractivity contribution in [1.82, 2.24) is 34.2 Å². The monoisotopic (exact) mass is 562 g/mol. The highest BCUT2D eigenvalue weighted by atomic mass is 19.1. The van der Waals surface area contributed by atoms with Gasteiger partial charge in [0.15, 0.2) is 17.3 Å². The Morgan fingerprint density at radius 1 is 1.02 bits per heavy atom. The number of hydrogen-bond acceptors (Lipinski definition) is 9. The van der Waals surface area contributed by atoms with Crippen LogP contribution in [0.1, 0.15) is 5.56 Å². The predicted molar refractivity (Wildman–Crippen MR) is 158 cm³/mol. The molecule has 3 aromatic heterocycles. The molecule has 210 valence electrons. The van der Waals surface area contributed by atoms with E-state index in [4.69, 9.17) is 4.98 Å². The Morgan fingerprint density at radius 2 is 1.74 bits per heavy atom. The molecule has 0 bridgehead atoms. The molecular weight excluding hydrogens is 535 g/mol. The number of likely N-dealkylation sites (N-methyl/N-ethyl adjacent to an activating group) is 1. The second-order valence-electron chi connectivity index (χ2n) is 9.95. The van der Waals surface area contributed by atoms with Crippen LogP contribution in [0.3, 0.4) is 0 Å². The van der Waals surface area contributed by atoms with Crippen molar-refractivity contribution in [1.29, 1.82) is 5.26 Å². The molecule has 0 aliphatic carbocycles. The molecule has 0 amide bonds. The summed E-state index contributed by atoms with van der Waals surface area (Å²) in [7, 11) is 2.13. The largest absolute Gasteiger partial charge is 0.369 e. The van der Waals surface area contributed by atoms with Crippen LogP contribution < -0.4 is 15.8 Å². The zero-order valence-corrected chi connectivity index (χ0v) is 22.9. The summed E-state index contributed by atoms with van der Waals surface area (Å²) >= 11 is 0. The van der Waals surface area contributed by atoms with E-state index in [-0.39, 0.29) is 17.9 Å². The minimum Gasteiger partial charge on any atom is -0.369 e. The summed E-state index contributed by atoms with van der Waals surface area (Å²) in [4.78, 5) is 35.3. The molecule has 1 aliphatic rings. The lowest BCUT2D eigenvalue weighted by Gasteiger charge is -2.34. The molecule has 12 heteroatoms. The normalized spacial score (nSPS) is 13.7. The van der Waals surface area contributed by atoms with Gasteiger partial charge in [-0.15, -0.1) is 6.58 Å². The molecule has 42 heavy (non-hydrogen) atoms. The summed E-state index contributed by atoms with van der Waals surface area (Å²) in [5.41, 5.74) is 3.26. The van der Waals surface area contributed by atoms with Crippen LogP contribution in [0.4, 0.5) is 21.7 Å². The first kappa shape index (κ1) is 26.8. The average molecular weight is 563 g/mol. The maximum Gasteiger partial charge on any atom is 0.278 e. The molecule has 0 unspecified atom stereocenters. The van der Waals surface area contributed by atoms with E-state index in [0.717, 1.165) is 49.9 Å². The van der Waals surface area contributed by atoms with Crippen molar-refractivity contribution in [2.75, 3.05) is 43.4 Å². The van der Waals surface area contributed by atoms with Gasteiger partial charge < -0.3 is 15.1 Å². The first-order chi connectivity index (χ1) is 20.4. The standard InChI is InChI=1S/C30H27FN10O/c1-3-10-40-29(42)26-19-35-30(36-22-5-8-23(9-6-22)39-13-11-38(2)12-14-39)37-28(26)41(40)24-7-4-20(16-32)25(15-24)27-33-17-21(31)18-34-27/h3-9,15,17-19H,1,10-14H2,2H3,(H,35,36,37). The fraction of sp³-hybridized carbons (Fsp3) is 0.200. The molecule has 1 N–H and O–H groups in total. The maximum atomic E-state index is 13.5. The van der Waals surface area contributed by atoms with Gasteiger partial charge in [-0.1, -0.05) is 6.08 Å². The molecule has 1 fully saturated rings. The second-order valence-corrected chi connectivity index (χ2v) is 9.95. The fourth-order valence-electron chi connectivity index (χ4n) is 4.99. The van der Waals surface area contributed by atoms with E-state index in [2.05, 4.69) is 61.9 Å². The Bertz CT molecular complexity index is 1860. The number of halogens is 1. The number of nitrogens with zero attached hydrogens (tertiary/aromatic N) is 9. The van der Waals surface area contributed by atoms with Crippen LogP contribution in [0.25, 0.3) is 28.1 Å². The van der Waals surface area contributed by atoms with E-state index in [1.807, 2.05) is 12.1 Å². The van der Waals surface area contributed by atoms with E-state index in [1.54, 1.807) is 29.0 Å². The van der Waals surface area contributed by atoms with E-state index >= 15 is 0 Å². The number of rotatable bonds is 7. The smallest absolute Gasteiger partial charge is 0.278 e. The summed E-state index contributed by atoms with van der Waals surface area (Å²) in [5, 5.41) is 13.3. The van der Waals surface area contributed by atoms with Gasteiger partial charge in [-0.25, -0.2) is 28.7 Å². The Kier molecular flexibility index (Phi) is 7.16. The fourth-order valence-corrected chi connectivity index (χ4v) is 4.99. The average Bonchev–Trinajstić information content (AvgIpc) is 3.28. The topological polar surface area (TPSA) is 121 Å². The number of aromatic nitrogens is 6. The third kappa shape index (κ3) is 5.09. The zero-order chi connectivity index (χ0) is 29.2. The van der Waals surface area contributed by atoms with Crippen molar-refractivity contribution in [3.8, 4) is 23.1 Å². The van der Waals surface area contributed by atoms with Gasteiger partial charge in [-0.05, 0) is 49.5 Å². The predicted octanol–water partition coefficient (Wildman–Crippen LogP) is 3.73. The first-order valence-electron chi connectivity index (χ1n) is 13.4. The van der Waals surface area contributed by atoms with Crippen molar-refractivity contribution in [2.24, 2.45) is 0 Å². The molecule has 11 nitrogen and oxygen atoms in total. The Balaban J connectivity index is 1.39. The minimum atomic E-state index is -0.588. The van der Waals surface area contributed by atoms with Gasteiger partial charge in [0.2, 0.25) is 5.95 Å². The quantitative estimate of drug-likeness (QED) is 0.296. The number of anilines is 3. The number of benzene rings is 2. The van der Waals surface area contributed by atoms with Crippen LogP contribution in [-0.2, 0) is 6.54 Å². The Morgan fingerprint density at radius 3 is 2.43 bits per heavy atom. The maximum absolute atomic E-state index is 13.5. The van der Waals surface area contributed by atoms with Crippen LogP contribution >= 0.6 is 0 Å². The molecule has 6 rings (SSSR count). The number of nitriles is 1. The van der Waals surface area contributed by atoms with Crippen molar-refractivity contribution < 1.29 is 4.39 Å². The van der Waals surface area contributed by atoms with Gasteiger partial charge in [0.1, 0.15) is 5.39 Å². The van der Waals surface area contributed by atoms with E-state index < -0.39 is 5.82 Å². The second kappa shape index (κ2) is 11.2. The highest BCUT2D eigenvalue weighted by molar-refractivity contribution is 5.78. The number of nitrogens with one attached hydrogen (secondary N) is 1. The Hall–Kier alpha value is -5.41. The van der Waals surface area contributed by atoms with Crippen LogP contribution in [0, 0.1) is 17.1 Å². The van der Waals surface area contributed by atoms with Gasteiger partial charge in [0.05, 0.1) is 36.3 Å². The summed E-state index contributed by atoms with van der Waals surface area (Å²) in [6, 6.07) is 15.2. The lowest BCUT2D eigenvalue weighted by molar-refractivity contribution is 0.313. The molecule has 2 aromatic carbocycles. The molecule has 0 radical (unpaired) electrons. The SMILES string of the molecule is C=CCn1c(=O)c2cnc(Nc3ccc(N4CCN(C)CC4)cc3)nc2n1-c1ccc(C#N)c(-c2ncc(F)cn2)c1. The molecule has 1 aliphatic heterocycles. The zero-order valence-electron chi connectivity index (χ0n) is 22.9. The van der Waals surface area contributed by atoms with E-state index in [1.165, 1.54) is 10.9 Å². The highest BCUT2D eigenvalue weighted by Crippen LogP contribution is 2.26. The summed E-state index contributed by atoms with van der Waals surface area (Å²) in [6.45, 7) is 8.01. The van der Waals surface area contributed by atoms with Crippen LogP contribution in [0.2, 0.25) is 0 Å². The van der Waals surface area contributed by atoms with Crippen molar-refractivity contribution in [3.05, 3.63) is 95.4 Å². The van der Waals surface area contributed by atoms with Crippen molar-refractivity contribution >= 4 is 28.4 Å². The first-order valence-corrected chi connectivity index (χ1v) is 13.4. The van der Waals surface area contributed by atoms with Crippen molar-refractivity contribution in [2.45, 2.75) is 6.54 Å². The van der Waals surface area contributed by atoms with Crippen LogP contribution in [0.5, 0.6) is 0 Å². The van der Waals surface area contributed by atoms with Crippen LogP contribution in [0.15, 0.2) is 78.5 Å². The third-order valence-corrected chi connectivity index (χ3v) is 7.20. The molecule has 4 heterocycles. The summed E-state index contributed by atoms with van der Waals surface area (Å²) < 4.78 is 16.6. The van der Waals surface area contributed by atoms with Gasteiger partial charge in [0.25, 0.3) is 5.56 Å². The molecule has 1 saturated heterocycles. The minimum absolute atomic E-state index is 0.181. The summed E-state index contributed by atoms with van der Waals surface area (Å²) in [6.07, 6.45) is 5.18. The number of hydrogen-bond donors (Lipinski definition) is 1. The molecule has 5 aromatic rings. The number of allylic oxidation sites excluding steroid dienone is 1. The lowest BCUT2D eigenvalue weighted by atomic mass is 10.1. The third-order valence-electron chi connectivity index (χ3n) is 7.20. The van der Waals surface area contributed by atoms with Gasteiger partial charge in [0, 0.05) is 49.3 Å². The molecular formula is C30H27FN10O. The number of fused-ring (bicyclic) bond motifs is 1. The Labute approximate surface area is 240 Å². The van der Waals surface area contributed by atoms with Gasteiger partial charge in [-0.3, -0.25) is 4.79 Å². The number of piperazine rings is 1. The highest BCUT2D eigenvalue weighted by Gasteiger charge is 2.19. The molecule has 0 saturated carbocycles.